The Morgan fingerprint density at radius 1 is 1.28 bits per heavy atom. The van der Waals surface area contributed by atoms with Gasteiger partial charge < -0.3 is 10.7 Å². The van der Waals surface area contributed by atoms with E-state index in [1.165, 1.54) is 5.69 Å². The van der Waals surface area contributed by atoms with Crippen LogP contribution in [-0.4, -0.2) is 25.4 Å². The second kappa shape index (κ2) is 3.55. The minimum absolute atomic E-state index is 0.337. The molecule has 0 aliphatic heterocycles. The molecule has 1 aliphatic carbocycles. The summed E-state index contributed by atoms with van der Waals surface area (Å²) in [5.74, 6) is 0.524. The molecule has 0 bridgehead atoms. The summed E-state index contributed by atoms with van der Waals surface area (Å²) in [4.78, 5) is 12.0. The molecule has 4 rings (SSSR count). The average molecular weight is 241 g/mol. The average Bonchev–Trinajstić information content (AvgIpc) is 3.03. The van der Waals surface area contributed by atoms with Crippen LogP contribution in [0.4, 0.5) is 0 Å². The maximum Gasteiger partial charge on any atom is 0.156 e. The second-order valence-corrected chi connectivity index (χ2v) is 5.12. The highest BCUT2D eigenvalue weighted by molar-refractivity contribution is 5.74. The van der Waals surface area contributed by atoms with Crippen LogP contribution < -0.4 is 5.73 Å². The molecule has 0 aromatic carbocycles. The predicted octanol–water partition coefficient (Wildman–Crippen LogP) is 1.81. The van der Waals surface area contributed by atoms with Crippen LogP contribution in [0.3, 0.4) is 0 Å². The molecule has 0 saturated heterocycles. The summed E-state index contributed by atoms with van der Waals surface area (Å²) in [5, 5.41) is 0. The maximum atomic E-state index is 6.02. The predicted molar refractivity (Wildman–Crippen MR) is 69.4 cm³/mol. The van der Waals surface area contributed by atoms with Crippen LogP contribution in [0.5, 0.6) is 0 Å². The fraction of sp³-hybridized carbons (Fsp3) is 0.385. The number of nitrogens with zero attached hydrogens (tertiary/aromatic N) is 3. The highest BCUT2D eigenvalue weighted by Crippen LogP contribution is 2.34. The van der Waals surface area contributed by atoms with E-state index in [-0.39, 0.29) is 0 Å². The molecule has 0 amide bonds. The van der Waals surface area contributed by atoms with Gasteiger partial charge in [0.25, 0.3) is 0 Å². The van der Waals surface area contributed by atoms with Gasteiger partial charge in [0, 0.05) is 30.0 Å². The van der Waals surface area contributed by atoms with E-state index in [9.17, 15) is 0 Å². The zero-order valence-electron chi connectivity index (χ0n) is 10.0. The van der Waals surface area contributed by atoms with Crippen LogP contribution in [0.15, 0.2) is 24.7 Å². The largest absolute Gasteiger partial charge is 0.345 e. The van der Waals surface area contributed by atoms with Gasteiger partial charge in [0.05, 0.1) is 11.7 Å². The third-order valence-electron chi connectivity index (χ3n) is 3.96. The quantitative estimate of drug-likeness (QED) is 0.682. The Bertz CT molecular complexity index is 710. The molecule has 0 unspecified atom stereocenters. The first kappa shape index (κ1) is 10.1. The third-order valence-corrected chi connectivity index (χ3v) is 3.96. The van der Waals surface area contributed by atoms with Crippen LogP contribution in [0.2, 0.25) is 0 Å². The second-order valence-electron chi connectivity index (χ2n) is 5.12. The fourth-order valence-corrected chi connectivity index (χ4v) is 3.07. The molecule has 92 valence electrons. The van der Waals surface area contributed by atoms with Crippen molar-refractivity contribution in [3.63, 3.8) is 0 Å². The minimum atomic E-state index is 0.337. The number of nitrogens with one attached hydrogen (secondary N) is 1. The molecule has 5 nitrogen and oxygen atoms in total. The van der Waals surface area contributed by atoms with E-state index in [1.54, 1.807) is 0 Å². The number of nitrogens with two attached hydrogens (primary N) is 1. The Hall–Kier alpha value is -1.88. The molecule has 1 saturated carbocycles. The molecule has 18 heavy (non-hydrogen) atoms. The molecule has 5 heteroatoms. The summed E-state index contributed by atoms with van der Waals surface area (Å²) in [6.07, 6.45) is 9.04. The van der Waals surface area contributed by atoms with Crippen molar-refractivity contribution in [2.45, 2.75) is 31.2 Å². The Labute approximate surface area is 104 Å². The normalized spacial score (nSPS) is 24.3. The number of imidazole rings is 1. The van der Waals surface area contributed by atoms with Crippen molar-refractivity contribution >= 4 is 16.8 Å². The zero-order chi connectivity index (χ0) is 12.1. The lowest BCUT2D eigenvalue weighted by Gasteiger charge is -2.09. The van der Waals surface area contributed by atoms with Gasteiger partial charge in [-0.3, -0.25) is 4.40 Å². The van der Waals surface area contributed by atoms with E-state index in [0.717, 1.165) is 36.1 Å². The fourth-order valence-electron chi connectivity index (χ4n) is 3.07. The van der Waals surface area contributed by atoms with Crippen LogP contribution >= 0.6 is 0 Å². The van der Waals surface area contributed by atoms with Crippen LogP contribution in [0.1, 0.15) is 30.9 Å². The molecule has 1 fully saturated rings. The summed E-state index contributed by atoms with van der Waals surface area (Å²) >= 11 is 0. The summed E-state index contributed by atoms with van der Waals surface area (Å²) < 4.78 is 2.21. The summed E-state index contributed by atoms with van der Waals surface area (Å²) in [7, 11) is 0. The smallest absolute Gasteiger partial charge is 0.156 e. The number of fused-ring (bicyclic) bond motifs is 3. The summed E-state index contributed by atoms with van der Waals surface area (Å²) in [5.41, 5.74) is 10.2. The Balaban J connectivity index is 1.97. The molecular weight excluding hydrogens is 226 g/mol. The van der Waals surface area contributed by atoms with Gasteiger partial charge in [0.15, 0.2) is 11.3 Å². The standard InChI is InChI=1S/C13H15N5/c14-9-2-1-8(5-9)11-6-16-12-7-17-13-10(18(11)12)3-4-15-13/h3-4,6-9,15H,1-2,5,14H2/t8-,9+/m0/s1. The van der Waals surface area contributed by atoms with Gasteiger partial charge in [-0.25, -0.2) is 9.97 Å². The lowest BCUT2D eigenvalue weighted by atomic mass is 10.0. The Kier molecular flexibility index (Phi) is 1.99. The van der Waals surface area contributed by atoms with Crippen LogP contribution in [0, 0.1) is 0 Å². The maximum absolute atomic E-state index is 6.02. The van der Waals surface area contributed by atoms with Crippen molar-refractivity contribution in [1.29, 1.82) is 0 Å². The highest BCUT2D eigenvalue weighted by Gasteiger charge is 2.26. The Morgan fingerprint density at radius 2 is 2.22 bits per heavy atom. The van der Waals surface area contributed by atoms with E-state index in [0.29, 0.717) is 12.0 Å². The minimum Gasteiger partial charge on any atom is -0.345 e. The highest BCUT2D eigenvalue weighted by atomic mass is 15.1. The molecule has 3 N–H and O–H groups in total. The first-order chi connectivity index (χ1) is 8.83. The van der Waals surface area contributed by atoms with Crippen LogP contribution in [-0.2, 0) is 0 Å². The number of hydrogen-bond acceptors (Lipinski definition) is 3. The van der Waals surface area contributed by atoms with Crippen molar-refractivity contribution in [3.8, 4) is 0 Å². The molecular formula is C13H15N5. The third kappa shape index (κ3) is 1.31. The van der Waals surface area contributed by atoms with E-state index in [2.05, 4.69) is 25.4 Å². The number of hydrogen-bond donors (Lipinski definition) is 2. The molecule has 3 aromatic heterocycles. The van der Waals surface area contributed by atoms with Gasteiger partial charge in [-0.1, -0.05) is 0 Å². The lowest BCUT2D eigenvalue weighted by molar-refractivity contribution is 0.660. The summed E-state index contributed by atoms with van der Waals surface area (Å²) in [6.45, 7) is 0. The van der Waals surface area contributed by atoms with Crippen molar-refractivity contribution in [2.75, 3.05) is 0 Å². The molecule has 3 aromatic rings. The van der Waals surface area contributed by atoms with Gasteiger partial charge in [-0.15, -0.1) is 0 Å². The first-order valence-corrected chi connectivity index (χ1v) is 6.38. The molecule has 3 heterocycles. The van der Waals surface area contributed by atoms with E-state index >= 15 is 0 Å². The van der Waals surface area contributed by atoms with Crippen molar-refractivity contribution < 1.29 is 0 Å². The molecule has 1 aliphatic rings. The molecule has 2 atom stereocenters. The van der Waals surface area contributed by atoms with Gasteiger partial charge >= 0.3 is 0 Å². The van der Waals surface area contributed by atoms with Crippen molar-refractivity contribution in [3.05, 3.63) is 30.4 Å². The van der Waals surface area contributed by atoms with E-state index in [4.69, 9.17) is 5.73 Å². The monoisotopic (exact) mass is 241 g/mol. The topological polar surface area (TPSA) is 72.0 Å². The zero-order valence-corrected chi connectivity index (χ0v) is 10.0. The van der Waals surface area contributed by atoms with E-state index < -0.39 is 0 Å². The number of aromatic amines is 1. The SMILES string of the molecule is N[C@@H]1CC[C@H](c2cnc3cnc4[nH]ccc4n23)C1. The van der Waals surface area contributed by atoms with Gasteiger partial charge in [0.2, 0.25) is 0 Å². The van der Waals surface area contributed by atoms with Gasteiger partial charge in [-0.2, -0.15) is 0 Å². The Morgan fingerprint density at radius 3 is 3.06 bits per heavy atom. The first-order valence-electron chi connectivity index (χ1n) is 6.38. The van der Waals surface area contributed by atoms with E-state index in [1.807, 2.05) is 18.6 Å². The number of H-pyrrole nitrogens is 1. The molecule has 0 radical (unpaired) electrons. The molecule has 0 spiro atoms. The summed E-state index contributed by atoms with van der Waals surface area (Å²) in [6, 6.07) is 2.39. The van der Waals surface area contributed by atoms with Crippen LogP contribution in [0.25, 0.3) is 16.8 Å². The number of rotatable bonds is 1. The number of aromatic nitrogens is 4. The van der Waals surface area contributed by atoms with Crippen molar-refractivity contribution in [2.24, 2.45) is 5.73 Å². The van der Waals surface area contributed by atoms with Crippen molar-refractivity contribution in [1.82, 2.24) is 19.4 Å². The van der Waals surface area contributed by atoms with Gasteiger partial charge in [0.1, 0.15) is 0 Å². The lowest BCUT2D eigenvalue weighted by Crippen LogP contribution is -2.14. The van der Waals surface area contributed by atoms with Gasteiger partial charge in [-0.05, 0) is 25.3 Å².